The molecule has 1 aliphatic rings. The van der Waals surface area contributed by atoms with Crippen molar-refractivity contribution in [2.75, 3.05) is 19.6 Å². The van der Waals surface area contributed by atoms with Crippen molar-refractivity contribution in [1.82, 2.24) is 24.6 Å². The first-order valence-corrected chi connectivity index (χ1v) is 10.0. The maximum Gasteiger partial charge on any atom is 0.0641 e. The Bertz CT molecular complexity index is 694. The molecule has 1 saturated heterocycles. The Morgan fingerprint density at radius 3 is 2.65 bits per heavy atom. The van der Waals surface area contributed by atoms with Crippen molar-refractivity contribution in [3.63, 3.8) is 0 Å². The number of nitrogens with zero attached hydrogens (tertiary/aromatic N) is 5. The molecule has 0 bridgehead atoms. The Hall–Kier alpha value is -1.72. The summed E-state index contributed by atoms with van der Waals surface area (Å²) in [5.74, 6) is 0. The Balaban J connectivity index is 1.79. The molecule has 0 saturated carbocycles. The number of likely N-dealkylation sites (tertiary alicyclic amines) is 1. The Kier molecular flexibility index (Phi) is 6.43. The molecule has 0 N–H and O–H groups in total. The highest BCUT2D eigenvalue weighted by Crippen LogP contribution is 2.22. The van der Waals surface area contributed by atoms with Crippen LogP contribution in [-0.4, -0.2) is 50.2 Å². The second-order valence-corrected chi connectivity index (χ2v) is 7.38. The molecule has 3 rings (SSSR count). The van der Waals surface area contributed by atoms with Gasteiger partial charge in [-0.15, -0.1) is 0 Å². The first kappa shape index (κ1) is 19.1. The van der Waals surface area contributed by atoms with Gasteiger partial charge in [-0.05, 0) is 58.8 Å². The Morgan fingerprint density at radius 2 is 2.00 bits per heavy atom. The molecule has 5 heteroatoms. The lowest BCUT2D eigenvalue weighted by Crippen LogP contribution is -2.40. The van der Waals surface area contributed by atoms with Gasteiger partial charge in [0.25, 0.3) is 0 Å². The third-order valence-electron chi connectivity index (χ3n) is 5.70. The van der Waals surface area contributed by atoms with Crippen molar-refractivity contribution < 1.29 is 0 Å². The SMILES string of the molecule is CCN1CCC[C@H]1CN(Cc1ccccn1)Cc1c(C)nn(CC)c1C. The van der Waals surface area contributed by atoms with Crippen molar-refractivity contribution in [3.8, 4) is 0 Å². The Morgan fingerprint density at radius 1 is 1.15 bits per heavy atom. The van der Waals surface area contributed by atoms with Crippen LogP contribution in [0.15, 0.2) is 24.4 Å². The number of aromatic nitrogens is 3. The maximum atomic E-state index is 4.72. The molecule has 0 unspecified atom stereocenters. The van der Waals surface area contributed by atoms with Crippen molar-refractivity contribution >= 4 is 0 Å². The average molecular weight is 356 g/mol. The highest BCUT2D eigenvalue weighted by molar-refractivity contribution is 5.24. The number of aryl methyl sites for hydroxylation is 2. The average Bonchev–Trinajstić information content (AvgIpc) is 3.21. The molecule has 0 amide bonds. The van der Waals surface area contributed by atoms with Crippen molar-refractivity contribution in [2.45, 2.75) is 66.2 Å². The van der Waals surface area contributed by atoms with Gasteiger partial charge in [-0.1, -0.05) is 13.0 Å². The van der Waals surface area contributed by atoms with Gasteiger partial charge in [-0.2, -0.15) is 5.10 Å². The van der Waals surface area contributed by atoms with Crippen molar-refractivity contribution in [3.05, 3.63) is 47.0 Å². The summed E-state index contributed by atoms with van der Waals surface area (Å²) in [5.41, 5.74) is 4.99. The van der Waals surface area contributed by atoms with Crippen molar-refractivity contribution in [2.24, 2.45) is 0 Å². The molecule has 142 valence electrons. The fourth-order valence-corrected chi connectivity index (χ4v) is 4.22. The third-order valence-corrected chi connectivity index (χ3v) is 5.70. The predicted molar refractivity (Wildman–Crippen MR) is 106 cm³/mol. The van der Waals surface area contributed by atoms with E-state index in [-0.39, 0.29) is 0 Å². The quantitative estimate of drug-likeness (QED) is 0.727. The zero-order valence-corrected chi connectivity index (χ0v) is 16.8. The molecule has 0 spiro atoms. The largest absolute Gasteiger partial charge is 0.299 e. The molecule has 1 atom stereocenters. The molecule has 0 aliphatic carbocycles. The van der Waals surface area contributed by atoms with Gasteiger partial charge in [-0.25, -0.2) is 0 Å². The number of rotatable bonds is 8. The number of likely N-dealkylation sites (N-methyl/N-ethyl adjacent to an activating group) is 1. The zero-order valence-electron chi connectivity index (χ0n) is 16.8. The van der Waals surface area contributed by atoms with Gasteiger partial charge in [0.1, 0.15) is 0 Å². The van der Waals surface area contributed by atoms with E-state index in [9.17, 15) is 0 Å². The predicted octanol–water partition coefficient (Wildman–Crippen LogP) is 3.40. The van der Waals surface area contributed by atoms with E-state index in [4.69, 9.17) is 5.10 Å². The summed E-state index contributed by atoms with van der Waals surface area (Å²) in [4.78, 5) is 9.76. The van der Waals surface area contributed by atoms with Crippen molar-refractivity contribution in [1.29, 1.82) is 0 Å². The number of pyridine rings is 1. The minimum atomic E-state index is 0.658. The summed E-state index contributed by atoms with van der Waals surface area (Å²) >= 11 is 0. The smallest absolute Gasteiger partial charge is 0.0641 e. The fraction of sp³-hybridized carbons (Fsp3) is 0.619. The minimum Gasteiger partial charge on any atom is -0.299 e. The van der Waals surface area contributed by atoms with E-state index in [0.29, 0.717) is 6.04 Å². The lowest BCUT2D eigenvalue weighted by Gasteiger charge is -2.30. The van der Waals surface area contributed by atoms with Crippen LogP contribution in [0.25, 0.3) is 0 Å². The van der Waals surface area contributed by atoms with Crippen LogP contribution in [0.3, 0.4) is 0 Å². The van der Waals surface area contributed by atoms with Gasteiger partial charge in [0.15, 0.2) is 0 Å². The molecule has 5 nitrogen and oxygen atoms in total. The topological polar surface area (TPSA) is 37.2 Å². The molecule has 0 radical (unpaired) electrons. The van der Waals surface area contributed by atoms with E-state index in [0.717, 1.165) is 44.1 Å². The van der Waals surface area contributed by atoms with E-state index in [1.807, 2.05) is 12.3 Å². The second-order valence-electron chi connectivity index (χ2n) is 7.38. The van der Waals surface area contributed by atoms with Gasteiger partial charge >= 0.3 is 0 Å². The fourth-order valence-electron chi connectivity index (χ4n) is 4.22. The van der Waals surface area contributed by atoms with E-state index in [2.05, 4.69) is 59.3 Å². The highest BCUT2D eigenvalue weighted by atomic mass is 15.3. The molecule has 2 aromatic heterocycles. The first-order chi connectivity index (χ1) is 12.6. The van der Waals surface area contributed by atoms with Crippen LogP contribution in [-0.2, 0) is 19.6 Å². The minimum absolute atomic E-state index is 0.658. The van der Waals surface area contributed by atoms with Crippen LogP contribution in [0.2, 0.25) is 0 Å². The van der Waals surface area contributed by atoms with Gasteiger partial charge in [0.05, 0.1) is 11.4 Å². The monoisotopic (exact) mass is 355 g/mol. The van der Waals surface area contributed by atoms with E-state index in [1.165, 1.54) is 30.6 Å². The lowest BCUT2D eigenvalue weighted by atomic mass is 10.1. The molecule has 1 aliphatic heterocycles. The molecule has 1 fully saturated rings. The Labute approximate surface area is 158 Å². The summed E-state index contributed by atoms with van der Waals surface area (Å²) in [6.45, 7) is 15.0. The van der Waals surface area contributed by atoms with Gasteiger partial charge in [0, 0.05) is 49.7 Å². The summed E-state index contributed by atoms with van der Waals surface area (Å²) in [6.07, 6.45) is 4.52. The molecule has 2 aromatic rings. The van der Waals surface area contributed by atoms with E-state index < -0.39 is 0 Å². The molecular formula is C21H33N5. The second kappa shape index (κ2) is 8.78. The van der Waals surface area contributed by atoms with Gasteiger partial charge in [0.2, 0.25) is 0 Å². The van der Waals surface area contributed by atoms with Gasteiger partial charge < -0.3 is 0 Å². The number of hydrogen-bond donors (Lipinski definition) is 0. The summed E-state index contributed by atoms with van der Waals surface area (Å²) < 4.78 is 2.12. The van der Waals surface area contributed by atoms with Crippen LogP contribution in [0, 0.1) is 13.8 Å². The summed E-state index contributed by atoms with van der Waals surface area (Å²) in [6, 6.07) is 6.86. The van der Waals surface area contributed by atoms with Crippen LogP contribution < -0.4 is 0 Å². The van der Waals surface area contributed by atoms with Gasteiger partial charge in [-0.3, -0.25) is 19.5 Å². The van der Waals surface area contributed by atoms with E-state index >= 15 is 0 Å². The molecule has 0 aromatic carbocycles. The lowest BCUT2D eigenvalue weighted by molar-refractivity contribution is 0.164. The highest BCUT2D eigenvalue weighted by Gasteiger charge is 2.26. The van der Waals surface area contributed by atoms with Crippen LogP contribution in [0.4, 0.5) is 0 Å². The normalized spacial score (nSPS) is 18.1. The summed E-state index contributed by atoms with van der Waals surface area (Å²) in [7, 11) is 0. The van der Waals surface area contributed by atoms with Crippen LogP contribution >= 0.6 is 0 Å². The van der Waals surface area contributed by atoms with Crippen LogP contribution in [0.1, 0.15) is 49.3 Å². The molecular weight excluding hydrogens is 322 g/mol. The van der Waals surface area contributed by atoms with Crippen LogP contribution in [0.5, 0.6) is 0 Å². The number of hydrogen-bond acceptors (Lipinski definition) is 4. The van der Waals surface area contributed by atoms with E-state index in [1.54, 1.807) is 0 Å². The summed E-state index contributed by atoms with van der Waals surface area (Å²) in [5, 5.41) is 4.72. The zero-order chi connectivity index (χ0) is 18.5. The third kappa shape index (κ3) is 4.33. The molecule has 26 heavy (non-hydrogen) atoms. The maximum absolute atomic E-state index is 4.72. The standard InChI is InChI=1S/C21H33N5/c1-5-25-13-9-11-20(25)15-24(14-19-10-7-8-12-22-19)16-21-17(3)23-26(6-2)18(21)4/h7-8,10,12,20H,5-6,9,11,13-16H2,1-4H3/t20-/m0/s1. The first-order valence-electron chi connectivity index (χ1n) is 10.0. The molecule has 3 heterocycles.